The maximum atomic E-state index is 12.5. The molecule has 0 spiro atoms. The Kier molecular flexibility index (Phi) is 6.06. The molecule has 2 aromatic carbocycles. The smallest absolute Gasteiger partial charge is 0.340 e. The topological polar surface area (TPSA) is 98.0 Å². The van der Waals surface area contributed by atoms with E-state index in [2.05, 4.69) is 5.32 Å². The second-order valence-electron chi connectivity index (χ2n) is 7.91. The number of carbonyl (C=O) groups excluding carboxylic acids is 1. The summed E-state index contributed by atoms with van der Waals surface area (Å²) in [5, 5.41) is 14.7. The monoisotopic (exact) mass is 423 g/mol. The Labute approximate surface area is 179 Å². The molecule has 0 bridgehead atoms. The van der Waals surface area contributed by atoms with E-state index >= 15 is 0 Å². The van der Waals surface area contributed by atoms with Crippen molar-refractivity contribution < 1.29 is 23.8 Å². The van der Waals surface area contributed by atoms with E-state index < -0.39 is 30.1 Å². The van der Waals surface area contributed by atoms with Crippen LogP contribution in [0.3, 0.4) is 0 Å². The summed E-state index contributed by atoms with van der Waals surface area (Å²) in [4.78, 5) is 23.9. The van der Waals surface area contributed by atoms with Gasteiger partial charge in [-0.3, -0.25) is 0 Å². The van der Waals surface area contributed by atoms with Crippen LogP contribution in [0.1, 0.15) is 24.2 Å². The van der Waals surface area contributed by atoms with Gasteiger partial charge in [-0.15, -0.1) is 0 Å². The Balaban J connectivity index is 1.44. The van der Waals surface area contributed by atoms with Crippen molar-refractivity contribution in [2.75, 3.05) is 11.9 Å². The number of aliphatic hydroxyl groups is 1. The molecule has 1 saturated heterocycles. The Morgan fingerprint density at radius 1 is 1.06 bits per heavy atom. The number of hydrogen-bond acceptors (Lipinski definition) is 7. The first-order valence-corrected chi connectivity index (χ1v) is 10.3. The third kappa shape index (κ3) is 4.62. The molecule has 2 N–H and O–H groups in total. The van der Waals surface area contributed by atoms with Gasteiger partial charge >= 0.3 is 11.6 Å². The summed E-state index contributed by atoms with van der Waals surface area (Å²) in [6.45, 7) is 4.10. The third-order valence-electron chi connectivity index (χ3n) is 5.85. The van der Waals surface area contributed by atoms with Crippen molar-refractivity contribution in [3.8, 4) is 0 Å². The van der Waals surface area contributed by atoms with Crippen molar-refractivity contribution in [3.05, 3.63) is 76.6 Å². The van der Waals surface area contributed by atoms with Crippen LogP contribution >= 0.6 is 0 Å². The third-order valence-corrected chi connectivity index (χ3v) is 5.85. The minimum Gasteiger partial charge on any atom is -0.432 e. The number of nitrogens with one attached hydrogen (secondary N) is 1. The van der Waals surface area contributed by atoms with Crippen molar-refractivity contribution >= 4 is 22.6 Å². The minimum absolute atomic E-state index is 0.135. The second-order valence-corrected chi connectivity index (χ2v) is 7.91. The van der Waals surface area contributed by atoms with Crippen molar-refractivity contribution in [2.45, 2.75) is 32.3 Å². The number of carbonyl (C=O) groups is 1. The lowest BCUT2D eigenvalue weighted by Gasteiger charge is -2.42. The fourth-order valence-corrected chi connectivity index (χ4v) is 3.71. The fourth-order valence-electron chi connectivity index (χ4n) is 3.71. The largest absolute Gasteiger partial charge is 0.432 e. The van der Waals surface area contributed by atoms with Crippen molar-refractivity contribution in [1.82, 2.24) is 0 Å². The van der Waals surface area contributed by atoms with Gasteiger partial charge in [-0.25, -0.2) is 9.59 Å². The number of hydrogen-bond donors (Lipinski definition) is 2. The normalized spacial score (nSPS) is 25.8. The molecule has 3 aromatic rings. The summed E-state index contributed by atoms with van der Waals surface area (Å²) in [5.41, 5.74) is 1.23. The summed E-state index contributed by atoms with van der Waals surface area (Å²) in [5.74, 6) is -0.769. The van der Waals surface area contributed by atoms with Crippen molar-refractivity contribution in [1.29, 1.82) is 0 Å². The number of ether oxygens (including phenoxy) is 2. The number of rotatable bonds is 5. The van der Waals surface area contributed by atoms with E-state index in [9.17, 15) is 14.7 Å². The van der Waals surface area contributed by atoms with E-state index in [4.69, 9.17) is 13.9 Å². The summed E-state index contributed by atoms with van der Waals surface area (Å²) < 4.78 is 16.8. The van der Waals surface area contributed by atoms with Gasteiger partial charge in [0.05, 0.1) is 11.7 Å². The molecule has 5 atom stereocenters. The van der Waals surface area contributed by atoms with Gasteiger partial charge in [0.2, 0.25) is 6.29 Å². The van der Waals surface area contributed by atoms with Gasteiger partial charge in [0.25, 0.3) is 0 Å². The Morgan fingerprint density at radius 3 is 2.58 bits per heavy atom. The average molecular weight is 423 g/mol. The SMILES string of the molecule is CC1C(OC(=O)c2ccccc2)OC(CNc2ccc3ccc(=O)oc3c2)[C@H](O)[C@@H]1C. The molecule has 1 aliphatic heterocycles. The second kappa shape index (κ2) is 8.91. The van der Waals surface area contributed by atoms with Crippen LogP contribution in [0.25, 0.3) is 11.0 Å². The average Bonchev–Trinajstić information content (AvgIpc) is 2.78. The predicted octanol–water partition coefficient (Wildman–Crippen LogP) is 3.42. The number of benzene rings is 2. The first-order valence-electron chi connectivity index (χ1n) is 10.3. The van der Waals surface area contributed by atoms with Gasteiger partial charge in [-0.2, -0.15) is 0 Å². The number of fused-ring (bicyclic) bond motifs is 1. The standard InChI is InChI=1S/C24H25NO6/c1-14-15(2)24(31-23(28)17-6-4-3-5-7-17)30-20(22(14)27)13-25-18-10-8-16-9-11-21(26)29-19(16)12-18/h3-12,14-15,20,22,24-25,27H,13H2,1-2H3/t14-,15?,20?,22-,24?/m1/s1. The van der Waals surface area contributed by atoms with Crippen LogP contribution in [0.15, 0.2) is 69.9 Å². The highest BCUT2D eigenvalue weighted by Crippen LogP contribution is 2.32. The lowest BCUT2D eigenvalue weighted by atomic mass is 9.84. The highest BCUT2D eigenvalue weighted by Gasteiger charge is 2.42. The molecule has 1 aliphatic rings. The van der Waals surface area contributed by atoms with Crippen LogP contribution in [0.2, 0.25) is 0 Å². The molecule has 31 heavy (non-hydrogen) atoms. The molecule has 0 radical (unpaired) electrons. The first kappa shape index (κ1) is 21.1. The summed E-state index contributed by atoms with van der Waals surface area (Å²) in [7, 11) is 0. The van der Waals surface area contributed by atoms with Crippen LogP contribution in [0, 0.1) is 11.8 Å². The van der Waals surface area contributed by atoms with Gasteiger partial charge in [-0.1, -0.05) is 32.0 Å². The number of esters is 1. The van der Waals surface area contributed by atoms with Crippen LogP contribution in [0.5, 0.6) is 0 Å². The van der Waals surface area contributed by atoms with Gasteiger partial charge < -0.3 is 24.3 Å². The maximum absolute atomic E-state index is 12.5. The highest BCUT2D eigenvalue weighted by molar-refractivity contribution is 5.89. The number of anilines is 1. The predicted molar refractivity (Wildman–Crippen MR) is 116 cm³/mol. The van der Waals surface area contributed by atoms with E-state index in [1.807, 2.05) is 32.0 Å². The van der Waals surface area contributed by atoms with E-state index in [0.717, 1.165) is 11.1 Å². The number of aliphatic hydroxyl groups excluding tert-OH is 1. The van der Waals surface area contributed by atoms with Gasteiger partial charge in [0.15, 0.2) is 0 Å². The maximum Gasteiger partial charge on any atom is 0.340 e. The fraction of sp³-hybridized carbons (Fsp3) is 0.333. The summed E-state index contributed by atoms with van der Waals surface area (Å²) in [6.07, 6.45) is -2.08. The lowest BCUT2D eigenvalue weighted by Crippen LogP contribution is -2.52. The van der Waals surface area contributed by atoms with E-state index in [0.29, 0.717) is 17.7 Å². The van der Waals surface area contributed by atoms with Gasteiger partial charge in [0.1, 0.15) is 11.7 Å². The first-order chi connectivity index (χ1) is 14.9. The molecule has 2 heterocycles. The van der Waals surface area contributed by atoms with Crippen LogP contribution in [0.4, 0.5) is 5.69 Å². The molecule has 1 fully saturated rings. The molecule has 1 aromatic heterocycles. The lowest BCUT2D eigenvalue weighted by molar-refractivity contribution is -0.238. The van der Waals surface area contributed by atoms with Crippen LogP contribution < -0.4 is 10.9 Å². The van der Waals surface area contributed by atoms with E-state index in [-0.39, 0.29) is 11.8 Å². The molecule has 3 unspecified atom stereocenters. The van der Waals surface area contributed by atoms with Crippen LogP contribution in [-0.2, 0) is 9.47 Å². The highest BCUT2D eigenvalue weighted by atomic mass is 16.7. The molecule has 7 heteroatoms. The van der Waals surface area contributed by atoms with Gasteiger partial charge in [-0.05, 0) is 36.2 Å². The minimum atomic E-state index is -0.771. The zero-order valence-corrected chi connectivity index (χ0v) is 17.4. The molecular weight excluding hydrogens is 398 g/mol. The molecule has 4 rings (SSSR count). The van der Waals surface area contributed by atoms with E-state index in [1.165, 1.54) is 6.07 Å². The molecule has 7 nitrogen and oxygen atoms in total. The van der Waals surface area contributed by atoms with Crippen molar-refractivity contribution in [2.24, 2.45) is 11.8 Å². The Hall–Kier alpha value is -3.16. The van der Waals surface area contributed by atoms with Crippen molar-refractivity contribution in [3.63, 3.8) is 0 Å². The van der Waals surface area contributed by atoms with E-state index in [1.54, 1.807) is 36.4 Å². The Morgan fingerprint density at radius 2 is 1.81 bits per heavy atom. The Bertz CT molecular complexity index is 1110. The zero-order chi connectivity index (χ0) is 22.0. The molecule has 0 amide bonds. The zero-order valence-electron chi connectivity index (χ0n) is 17.4. The summed E-state index contributed by atoms with van der Waals surface area (Å²) >= 11 is 0. The van der Waals surface area contributed by atoms with Crippen LogP contribution in [-0.4, -0.2) is 36.1 Å². The quantitative estimate of drug-likeness (QED) is 0.479. The molecule has 162 valence electrons. The van der Waals surface area contributed by atoms with Gasteiger partial charge in [0, 0.05) is 35.7 Å². The molecule has 0 saturated carbocycles. The molecular formula is C24H25NO6. The molecule has 0 aliphatic carbocycles. The summed E-state index contributed by atoms with van der Waals surface area (Å²) in [6, 6.07) is 17.2.